The molecule has 345 valence electrons. The predicted octanol–water partition coefficient (Wildman–Crippen LogP) is 9.31. The van der Waals surface area contributed by atoms with Crippen LogP contribution < -0.4 is 20.5 Å². The third-order valence-electron chi connectivity index (χ3n) is 12.1. The van der Waals surface area contributed by atoms with Gasteiger partial charge in [-0.1, -0.05) is 54.6 Å². The molecular weight excluding hydrogens is 832 g/mol. The first kappa shape index (κ1) is 49.0. The standard InChI is InChI=1S/C49H66N6O8P/c1-33(2)54(34(3)4)64(61-27-15-26-50)63-42-28-44(53-31-35(5)45(52-46(53)56)51-39-29-47(6,7)55(57)48(8,9)30-39)62-43(42)32-60-49(36-16-13-12-14-17-36,37-18-22-40(58-10)23-19-37)38-20-24-41(59-11)25-21-38/h12-14,16-25,31,33-34,39,42-44H,15,27-30,32H2,1-11H3,(H,51,52,56)/t42-,43+,44+,64?/m0/s1. The second-order valence-corrected chi connectivity index (χ2v) is 19.9. The molecule has 2 aliphatic heterocycles. The van der Waals surface area contributed by atoms with Gasteiger partial charge in [0, 0.05) is 47.4 Å². The summed E-state index contributed by atoms with van der Waals surface area (Å²) < 4.78 is 42.5. The zero-order chi connectivity index (χ0) is 46.4. The van der Waals surface area contributed by atoms with E-state index in [0.717, 1.165) is 22.3 Å². The molecule has 3 aromatic carbocycles. The lowest BCUT2D eigenvalue weighted by atomic mass is 9.79. The van der Waals surface area contributed by atoms with E-state index in [1.807, 2.05) is 113 Å². The second-order valence-electron chi connectivity index (χ2n) is 18.5. The summed E-state index contributed by atoms with van der Waals surface area (Å²) in [6.45, 7) is 18.3. The normalized spacial score (nSPS) is 20.7. The fraction of sp³-hybridized carbons (Fsp3) is 0.531. The molecule has 64 heavy (non-hydrogen) atoms. The number of ether oxygens (including phenoxy) is 4. The summed E-state index contributed by atoms with van der Waals surface area (Å²) in [5, 5.41) is 27.2. The van der Waals surface area contributed by atoms with Crippen molar-refractivity contribution in [3.05, 3.63) is 118 Å². The van der Waals surface area contributed by atoms with Crippen LogP contribution in [-0.2, 0) is 29.3 Å². The average molecular weight is 898 g/mol. The van der Waals surface area contributed by atoms with Gasteiger partial charge in [-0.15, -0.1) is 10.3 Å². The van der Waals surface area contributed by atoms with Gasteiger partial charge in [0.25, 0.3) is 8.53 Å². The Morgan fingerprint density at radius 2 is 1.45 bits per heavy atom. The minimum Gasteiger partial charge on any atom is -0.497 e. The van der Waals surface area contributed by atoms with Gasteiger partial charge in [-0.2, -0.15) is 10.2 Å². The van der Waals surface area contributed by atoms with Crippen LogP contribution in [0.1, 0.15) is 110 Å². The third kappa shape index (κ3) is 10.8. The molecule has 0 aliphatic carbocycles. The number of methoxy groups -OCH3 is 2. The van der Waals surface area contributed by atoms with Crippen molar-refractivity contribution >= 4 is 14.3 Å². The molecule has 15 heteroatoms. The van der Waals surface area contributed by atoms with Crippen molar-refractivity contribution < 1.29 is 33.2 Å². The summed E-state index contributed by atoms with van der Waals surface area (Å²) in [5.74, 6) is 1.89. The highest BCUT2D eigenvalue weighted by Crippen LogP contribution is 2.51. The number of nitrogens with zero attached hydrogens (tertiary/aromatic N) is 5. The van der Waals surface area contributed by atoms with Crippen molar-refractivity contribution in [1.29, 1.82) is 5.26 Å². The van der Waals surface area contributed by atoms with Crippen LogP contribution in [0.15, 0.2) is 89.9 Å². The van der Waals surface area contributed by atoms with Crippen molar-refractivity contribution in [3.63, 3.8) is 0 Å². The molecule has 4 aromatic rings. The Labute approximate surface area is 380 Å². The summed E-state index contributed by atoms with van der Waals surface area (Å²) in [4.78, 5) is 18.7. The van der Waals surface area contributed by atoms with Crippen LogP contribution in [0.5, 0.6) is 11.5 Å². The molecule has 4 atom stereocenters. The first-order chi connectivity index (χ1) is 30.4. The van der Waals surface area contributed by atoms with Crippen molar-refractivity contribution in [1.82, 2.24) is 19.3 Å². The largest absolute Gasteiger partial charge is 0.497 e. The Hall–Kier alpha value is -4.42. The van der Waals surface area contributed by atoms with E-state index in [-0.39, 0.29) is 37.8 Å². The van der Waals surface area contributed by atoms with E-state index >= 15 is 0 Å². The molecule has 14 nitrogen and oxygen atoms in total. The Morgan fingerprint density at radius 1 is 0.906 bits per heavy atom. The Bertz CT molecular complexity index is 2160. The number of aryl methyl sites for hydroxylation is 1. The molecule has 0 saturated carbocycles. The number of hydroxylamine groups is 2. The maximum Gasteiger partial charge on any atom is 0.351 e. The van der Waals surface area contributed by atoms with Crippen molar-refractivity contribution in [2.24, 2.45) is 0 Å². The van der Waals surface area contributed by atoms with Crippen LogP contribution in [0.3, 0.4) is 0 Å². The topological polar surface area (TPSA) is 152 Å². The van der Waals surface area contributed by atoms with E-state index in [1.54, 1.807) is 20.4 Å². The molecule has 1 radical (unpaired) electrons. The number of piperidine rings is 1. The second kappa shape index (κ2) is 20.8. The van der Waals surface area contributed by atoms with Gasteiger partial charge in [-0.05, 0) is 116 Å². The fourth-order valence-electron chi connectivity index (χ4n) is 9.30. The molecule has 1 aromatic heterocycles. The molecule has 3 heterocycles. The molecule has 2 fully saturated rings. The van der Waals surface area contributed by atoms with Gasteiger partial charge in [0.05, 0.1) is 46.0 Å². The SMILES string of the molecule is COc1ccc(C(OC[C@H]2O[C@@H](n3cc(C)c(NC4CC(C)(C)N([O])C(C)(C)C4)nc3=O)C[C@@H]2OP(OCCC#N)N(C(C)C)C(C)C)(c2ccccc2)c2ccc(OC)cc2)cc1. The molecular formula is C49H66N6O8P. The molecule has 1 N–H and O–H groups in total. The Balaban J connectivity index is 1.40. The van der Waals surface area contributed by atoms with Crippen molar-refractivity contribution in [2.45, 2.75) is 141 Å². The monoisotopic (exact) mass is 897 g/mol. The smallest absolute Gasteiger partial charge is 0.351 e. The van der Waals surface area contributed by atoms with Crippen LogP contribution in [0.2, 0.25) is 0 Å². The van der Waals surface area contributed by atoms with Gasteiger partial charge >= 0.3 is 5.69 Å². The molecule has 2 aliphatic rings. The lowest BCUT2D eigenvalue weighted by molar-refractivity contribution is -0.288. The minimum absolute atomic E-state index is 0.0453. The number of anilines is 1. The third-order valence-corrected chi connectivity index (χ3v) is 14.2. The maximum absolute atomic E-state index is 14.1. The van der Waals surface area contributed by atoms with Crippen molar-refractivity contribution in [2.75, 3.05) is 32.8 Å². The maximum atomic E-state index is 14.1. The highest BCUT2D eigenvalue weighted by molar-refractivity contribution is 7.44. The zero-order valence-electron chi connectivity index (χ0n) is 39.2. The van der Waals surface area contributed by atoms with Crippen LogP contribution in [0.25, 0.3) is 0 Å². The molecule has 2 saturated heterocycles. The van der Waals surface area contributed by atoms with E-state index in [9.17, 15) is 15.3 Å². The first-order valence-electron chi connectivity index (χ1n) is 22.2. The van der Waals surface area contributed by atoms with Gasteiger partial charge in [0.2, 0.25) is 0 Å². The van der Waals surface area contributed by atoms with E-state index in [4.69, 9.17) is 28.0 Å². The lowest BCUT2D eigenvalue weighted by Gasteiger charge is -2.50. The molecule has 6 rings (SSSR count). The van der Waals surface area contributed by atoms with Crippen LogP contribution >= 0.6 is 8.53 Å². The summed E-state index contributed by atoms with van der Waals surface area (Å²) in [7, 11) is 1.59. The van der Waals surface area contributed by atoms with Crippen LogP contribution in [-0.4, -0.2) is 88.1 Å². The number of nitriles is 1. The van der Waals surface area contributed by atoms with E-state index in [0.29, 0.717) is 36.6 Å². The lowest BCUT2D eigenvalue weighted by Crippen LogP contribution is -2.60. The zero-order valence-corrected chi connectivity index (χ0v) is 40.1. The van der Waals surface area contributed by atoms with Crippen LogP contribution in [0.4, 0.5) is 5.82 Å². The van der Waals surface area contributed by atoms with Crippen molar-refractivity contribution in [3.8, 4) is 17.6 Å². The highest BCUT2D eigenvalue weighted by atomic mass is 31.2. The predicted molar refractivity (Wildman–Crippen MR) is 247 cm³/mol. The van der Waals surface area contributed by atoms with Gasteiger partial charge in [-0.3, -0.25) is 4.57 Å². The summed E-state index contributed by atoms with van der Waals surface area (Å²) in [6.07, 6.45) is 1.41. The molecule has 1 unspecified atom stereocenters. The number of hydrogen-bond donors (Lipinski definition) is 1. The number of benzene rings is 3. The quantitative estimate of drug-likeness (QED) is 0.0542. The van der Waals surface area contributed by atoms with Gasteiger partial charge in [0.15, 0.2) is 0 Å². The number of nitrogens with one attached hydrogen (secondary N) is 1. The highest BCUT2D eigenvalue weighted by Gasteiger charge is 2.47. The molecule has 0 amide bonds. The Kier molecular flexibility index (Phi) is 15.9. The average Bonchev–Trinajstić information content (AvgIpc) is 3.66. The number of rotatable bonds is 19. The molecule has 0 spiro atoms. The van der Waals surface area contributed by atoms with E-state index < -0.39 is 49.3 Å². The van der Waals surface area contributed by atoms with E-state index in [1.165, 1.54) is 9.63 Å². The van der Waals surface area contributed by atoms with Gasteiger partial charge < -0.3 is 33.3 Å². The van der Waals surface area contributed by atoms with Gasteiger partial charge in [0.1, 0.15) is 35.2 Å². The van der Waals surface area contributed by atoms with Gasteiger partial charge in [-0.25, -0.2) is 9.46 Å². The Morgan fingerprint density at radius 3 is 1.97 bits per heavy atom. The number of hydrogen-bond acceptors (Lipinski definition) is 12. The van der Waals surface area contributed by atoms with Crippen LogP contribution in [0, 0.1) is 18.3 Å². The molecule has 0 bridgehead atoms. The summed E-state index contributed by atoms with van der Waals surface area (Å²) in [6, 6.07) is 28.0. The summed E-state index contributed by atoms with van der Waals surface area (Å²) >= 11 is 0. The fourth-order valence-corrected chi connectivity index (χ4v) is 11.1. The minimum atomic E-state index is -1.69. The first-order valence-corrected chi connectivity index (χ1v) is 23.3. The van der Waals surface area contributed by atoms with E-state index in [2.05, 4.69) is 48.7 Å². The summed E-state index contributed by atoms with van der Waals surface area (Å²) in [5.41, 5.74) is 0.550. The number of aromatic nitrogens is 2.